The smallest absolute Gasteiger partial charge is 0.409 e. The fourth-order valence-corrected chi connectivity index (χ4v) is 5.87. The number of sulfonamides is 1. The number of piperazine rings is 1. The summed E-state index contributed by atoms with van der Waals surface area (Å²) in [5.41, 5.74) is 0. The predicted octanol–water partition coefficient (Wildman–Crippen LogP) is 1.89. The highest BCUT2D eigenvalue weighted by atomic mass is 79.9. The van der Waals surface area contributed by atoms with Gasteiger partial charge in [0.2, 0.25) is 10.0 Å². The van der Waals surface area contributed by atoms with Gasteiger partial charge >= 0.3 is 6.09 Å². The van der Waals surface area contributed by atoms with E-state index in [0.717, 1.165) is 8.66 Å². The molecule has 1 fully saturated rings. The van der Waals surface area contributed by atoms with Crippen LogP contribution in [0.25, 0.3) is 0 Å². The first kappa shape index (κ1) is 15.7. The predicted molar refractivity (Wildman–Crippen MR) is 79.5 cm³/mol. The van der Waals surface area contributed by atoms with Gasteiger partial charge in [-0.1, -0.05) is 0 Å². The first-order valence-electron chi connectivity index (χ1n) is 5.95. The minimum absolute atomic E-state index is 0.282. The first-order chi connectivity index (χ1) is 9.36. The second-order valence-corrected chi connectivity index (χ2v) is 8.87. The van der Waals surface area contributed by atoms with E-state index in [2.05, 4.69) is 20.7 Å². The Kier molecular flexibility index (Phi) is 4.73. The summed E-state index contributed by atoms with van der Waals surface area (Å²) in [4.78, 5) is 14.0. The number of amides is 1. The molecule has 1 aliphatic rings. The molecule has 0 N–H and O–H groups in total. The summed E-state index contributed by atoms with van der Waals surface area (Å²) in [6, 6.07) is 1.63. The standard InChI is InChI=1S/C11H15BrN2O4S2/c1-8-9(7-10(12)19-8)20(16,17)14-5-3-13(4-6-14)11(15)18-2/h7H,3-6H2,1-2H3. The molecule has 0 radical (unpaired) electrons. The Labute approximate surface area is 130 Å². The maximum atomic E-state index is 12.5. The van der Waals surface area contributed by atoms with Gasteiger partial charge in [-0.25, -0.2) is 13.2 Å². The highest BCUT2D eigenvalue weighted by molar-refractivity contribution is 9.11. The quantitative estimate of drug-likeness (QED) is 0.783. The summed E-state index contributed by atoms with van der Waals surface area (Å²) < 4.78 is 31.9. The Morgan fingerprint density at radius 2 is 1.95 bits per heavy atom. The molecule has 1 aromatic rings. The number of thiophene rings is 1. The van der Waals surface area contributed by atoms with E-state index in [1.807, 2.05) is 0 Å². The van der Waals surface area contributed by atoms with E-state index >= 15 is 0 Å². The lowest BCUT2D eigenvalue weighted by Crippen LogP contribution is -2.50. The largest absolute Gasteiger partial charge is 0.453 e. The van der Waals surface area contributed by atoms with Crippen molar-refractivity contribution in [3.63, 3.8) is 0 Å². The van der Waals surface area contributed by atoms with Gasteiger partial charge in [-0.2, -0.15) is 4.31 Å². The molecule has 6 nitrogen and oxygen atoms in total. The van der Waals surface area contributed by atoms with Gasteiger partial charge in [-0.05, 0) is 28.9 Å². The van der Waals surface area contributed by atoms with Crippen molar-refractivity contribution in [2.75, 3.05) is 33.3 Å². The summed E-state index contributed by atoms with van der Waals surface area (Å²) in [6.07, 6.45) is -0.420. The first-order valence-corrected chi connectivity index (χ1v) is 9.00. The van der Waals surface area contributed by atoms with Gasteiger partial charge in [0.1, 0.15) is 0 Å². The molecule has 2 heterocycles. The number of carbonyl (C=O) groups excluding carboxylic acids is 1. The van der Waals surface area contributed by atoms with Crippen molar-refractivity contribution in [1.82, 2.24) is 9.21 Å². The Hall–Kier alpha value is -0.640. The second kappa shape index (κ2) is 6.00. The Morgan fingerprint density at radius 3 is 2.40 bits per heavy atom. The lowest BCUT2D eigenvalue weighted by atomic mass is 10.4. The number of methoxy groups -OCH3 is 1. The third-order valence-corrected chi connectivity index (χ3v) is 6.84. The Bertz CT molecular complexity index is 606. The molecule has 20 heavy (non-hydrogen) atoms. The molecule has 1 amide bonds. The number of aryl methyl sites for hydroxylation is 1. The van der Waals surface area contributed by atoms with Crippen molar-refractivity contribution < 1.29 is 17.9 Å². The average molecular weight is 383 g/mol. The molecule has 0 unspecified atom stereocenters. The van der Waals surface area contributed by atoms with E-state index in [9.17, 15) is 13.2 Å². The molecule has 1 saturated heterocycles. The topological polar surface area (TPSA) is 66.9 Å². The summed E-state index contributed by atoms with van der Waals surface area (Å²) in [7, 11) is -2.18. The minimum Gasteiger partial charge on any atom is -0.453 e. The Balaban J connectivity index is 2.14. The molecule has 0 aromatic carbocycles. The van der Waals surface area contributed by atoms with Crippen LogP contribution in [-0.4, -0.2) is 57.0 Å². The molecular formula is C11H15BrN2O4S2. The van der Waals surface area contributed by atoms with Crippen molar-refractivity contribution in [2.24, 2.45) is 0 Å². The molecule has 0 spiro atoms. The van der Waals surface area contributed by atoms with Gasteiger partial charge in [-0.15, -0.1) is 11.3 Å². The van der Waals surface area contributed by atoms with Crippen LogP contribution in [-0.2, 0) is 14.8 Å². The van der Waals surface area contributed by atoms with Crippen LogP contribution in [0.15, 0.2) is 14.7 Å². The van der Waals surface area contributed by atoms with Crippen LogP contribution < -0.4 is 0 Å². The highest BCUT2D eigenvalue weighted by Gasteiger charge is 2.32. The van der Waals surface area contributed by atoms with Crippen LogP contribution in [0.1, 0.15) is 4.88 Å². The molecule has 0 aliphatic carbocycles. The zero-order chi connectivity index (χ0) is 14.9. The number of hydrogen-bond donors (Lipinski definition) is 0. The van der Waals surface area contributed by atoms with E-state index in [-0.39, 0.29) is 13.1 Å². The molecule has 0 bridgehead atoms. The molecule has 0 saturated carbocycles. The third kappa shape index (κ3) is 3.00. The number of nitrogens with zero attached hydrogens (tertiary/aromatic N) is 2. The number of halogens is 1. The third-order valence-electron chi connectivity index (χ3n) is 3.13. The van der Waals surface area contributed by atoms with Crippen LogP contribution in [0, 0.1) is 6.92 Å². The van der Waals surface area contributed by atoms with Crippen LogP contribution >= 0.6 is 27.3 Å². The zero-order valence-corrected chi connectivity index (χ0v) is 14.3. The highest BCUT2D eigenvalue weighted by Crippen LogP contribution is 2.31. The summed E-state index contributed by atoms with van der Waals surface area (Å²) in [6.45, 7) is 3.04. The van der Waals surface area contributed by atoms with E-state index in [0.29, 0.717) is 18.0 Å². The molecular weight excluding hydrogens is 368 g/mol. The lowest BCUT2D eigenvalue weighted by molar-refractivity contribution is 0.108. The monoisotopic (exact) mass is 382 g/mol. The van der Waals surface area contributed by atoms with Gasteiger partial charge in [0.25, 0.3) is 0 Å². The molecule has 9 heteroatoms. The van der Waals surface area contributed by atoms with Crippen LogP contribution in [0.2, 0.25) is 0 Å². The van der Waals surface area contributed by atoms with Gasteiger partial charge < -0.3 is 9.64 Å². The fraction of sp³-hybridized carbons (Fsp3) is 0.545. The van der Waals surface area contributed by atoms with Crippen LogP contribution in [0.4, 0.5) is 4.79 Å². The van der Waals surface area contributed by atoms with Crippen molar-refractivity contribution in [2.45, 2.75) is 11.8 Å². The minimum atomic E-state index is -3.49. The molecule has 112 valence electrons. The van der Waals surface area contributed by atoms with E-state index < -0.39 is 16.1 Å². The molecule has 0 atom stereocenters. The number of ether oxygens (including phenoxy) is 1. The zero-order valence-electron chi connectivity index (χ0n) is 11.1. The molecule has 2 rings (SSSR count). The summed E-state index contributed by atoms with van der Waals surface area (Å²) in [5, 5.41) is 0. The second-order valence-electron chi connectivity index (χ2n) is 4.33. The maximum Gasteiger partial charge on any atom is 0.409 e. The SMILES string of the molecule is COC(=O)N1CCN(S(=O)(=O)c2cc(Br)sc2C)CC1. The van der Waals surface area contributed by atoms with Crippen molar-refractivity contribution in [3.05, 3.63) is 14.7 Å². The van der Waals surface area contributed by atoms with Gasteiger partial charge in [0, 0.05) is 31.1 Å². The molecule has 1 aromatic heterocycles. The van der Waals surface area contributed by atoms with Crippen molar-refractivity contribution in [3.8, 4) is 0 Å². The van der Waals surface area contributed by atoms with Gasteiger partial charge in [0.15, 0.2) is 0 Å². The lowest BCUT2D eigenvalue weighted by Gasteiger charge is -2.32. The maximum absolute atomic E-state index is 12.5. The van der Waals surface area contributed by atoms with Crippen molar-refractivity contribution >= 4 is 43.4 Å². The Morgan fingerprint density at radius 1 is 1.35 bits per heavy atom. The van der Waals surface area contributed by atoms with Crippen molar-refractivity contribution in [1.29, 1.82) is 0 Å². The average Bonchev–Trinajstić information content (AvgIpc) is 2.77. The van der Waals surface area contributed by atoms with E-state index in [4.69, 9.17) is 0 Å². The number of rotatable bonds is 2. The van der Waals surface area contributed by atoms with Crippen LogP contribution in [0.5, 0.6) is 0 Å². The van der Waals surface area contributed by atoms with Crippen LogP contribution in [0.3, 0.4) is 0 Å². The number of carbonyl (C=O) groups is 1. The van der Waals surface area contributed by atoms with Gasteiger partial charge in [-0.3, -0.25) is 0 Å². The fourth-order valence-electron chi connectivity index (χ4n) is 2.07. The number of hydrogen-bond acceptors (Lipinski definition) is 5. The summed E-state index contributed by atoms with van der Waals surface area (Å²) >= 11 is 4.70. The molecule has 1 aliphatic heterocycles. The normalized spacial score (nSPS) is 17.2. The van der Waals surface area contributed by atoms with Gasteiger partial charge in [0.05, 0.1) is 15.8 Å². The van der Waals surface area contributed by atoms with E-state index in [1.54, 1.807) is 13.0 Å². The van der Waals surface area contributed by atoms with E-state index in [1.165, 1.54) is 27.7 Å². The summed E-state index contributed by atoms with van der Waals surface area (Å²) in [5.74, 6) is 0.